The Balaban J connectivity index is 1.29. The molecule has 2 aliphatic heterocycles. The van der Waals surface area contributed by atoms with Crippen LogP contribution in [0.15, 0.2) is 41.0 Å². The van der Waals surface area contributed by atoms with Crippen molar-refractivity contribution < 1.29 is 29.0 Å². The number of nitrogens with zero attached hydrogens (tertiary/aromatic N) is 6. The van der Waals surface area contributed by atoms with Crippen LogP contribution in [0, 0.1) is 0 Å². The zero-order chi connectivity index (χ0) is 30.1. The Morgan fingerprint density at radius 3 is 2.55 bits per heavy atom. The zero-order valence-electron chi connectivity index (χ0n) is 23.8. The Morgan fingerprint density at radius 2 is 1.88 bits per heavy atom. The quantitative estimate of drug-likeness (QED) is 0.116. The zero-order valence-corrected chi connectivity index (χ0v) is 25.4. The molecule has 3 atom stereocenters. The fourth-order valence-electron chi connectivity index (χ4n) is 5.06. The van der Waals surface area contributed by atoms with Gasteiger partial charge in [0, 0.05) is 37.4 Å². The molecule has 1 fully saturated rings. The fraction of sp³-hybridized carbons (Fsp3) is 0.593. The number of fused-ring (bicyclic) bond motifs is 1. The van der Waals surface area contributed by atoms with Gasteiger partial charge in [-0.05, 0) is 47.9 Å². The summed E-state index contributed by atoms with van der Waals surface area (Å²) < 4.78 is 8.30. The second-order valence-electron chi connectivity index (χ2n) is 10.1. The molecule has 2 N–H and O–H groups in total. The molecule has 1 saturated heterocycles. The molecule has 0 aromatic carbocycles. The molecule has 15 heteroatoms. The average Bonchev–Trinajstić information content (AvgIpc) is 3.65. The van der Waals surface area contributed by atoms with Gasteiger partial charge in [0.1, 0.15) is 23.2 Å². The maximum Gasteiger partial charge on any atom is 0.352 e. The largest absolute Gasteiger partial charge is 0.477 e. The van der Waals surface area contributed by atoms with Gasteiger partial charge in [-0.2, -0.15) is 0 Å². The van der Waals surface area contributed by atoms with Crippen molar-refractivity contribution in [1.29, 1.82) is 0 Å². The summed E-state index contributed by atoms with van der Waals surface area (Å²) in [5.41, 5.74) is 0.585. The van der Waals surface area contributed by atoms with E-state index in [1.165, 1.54) is 33.1 Å². The molecule has 2 aromatic heterocycles. The van der Waals surface area contributed by atoms with Gasteiger partial charge in [-0.25, -0.2) is 9.48 Å². The highest BCUT2D eigenvalue weighted by molar-refractivity contribution is 8.01. The summed E-state index contributed by atoms with van der Waals surface area (Å²) in [6, 6.07) is 2.46. The van der Waals surface area contributed by atoms with E-state index in [4.69, 9.17) is 4.74 Å². The Bertz CT molecular complexity index is 1280. The number of amides is 2. The number of aliphatic carboxylic acids is 1. The van der Waals surface area contributed by atoms with Crippen molar-refractivity contribution in [3.05, 3.63) is 35.8 Å². The number of carbonyl (C=O) groups is 4. The number of carboxylic acids is 1. The first-order chi connectivity index (χ1) is 20.3. The van der Waals surface area contributed by atoms with Crippen LogP contribution in [-0.2, 0) is 31.0 Å². The summed E-state index contributed by atoms with van der Waals surface area (Å²) in [5, 5.41) is 24.2. The van der Waals surface area contributed by atoms with Crippen molar-refractivity contribution in [2.45, 2.75) is 80.9 Å². The van der Waals surface area contributed by atoms with Crippen molar-refractivity contribution in [2.75, 3.05) is 18.1 Å². The normalized spacial score (nSPS) is 18.8. The van der Waals surface area contributed by atoms with Crippen molar-refractivity contribution in [1.82, 2.24) is 35.0 Å². The molecule has 2 aromatic rings. The number of aryl methyl sites for hydroxylation is 1. The topological polar surface area (TPSA) is 162 Å². The Hall–Kier alpha value is -3.33. The van der Waals surface area contributed by atoms with Crippen LogP contribution in [0.5, 0.6) is 0 Å². The fourth-order valence-corrected chi connectivity index (χ4v) is 7.39. The average molecular weight is 620 g/mol. The number of nitrogens with one attached hydrogen (secondary N) is 1. The second kappa shape index (κ2) is 15.2. The summed E-state index contributed by atoms with van der Waals surface area (Å²) in [6.45, 7) is 2.21. The SMILES string of the molecule is CCOC(=O)CCCCCCCCC(C(=O)NC1C(=O)N2C(C(=O)O)=C(CSc3nnnn3C)CSC12)n1cccc1. The highest BCUT2D eigenvalue weighted by Crippen LogP contribution is 2.41. The molecule has 0 aliphatic carbocycles. The summed E-state index contributed by atoms with van der Waals surface area (Å²) >= 11 is 2.75. The first-order valence-electron chi connectivity index (χ1n) is 14.1. The second-order valence-corrected chi connectivity index (χ2v) is 12.2. The van der Waals surface area contributed by atoms with E-state index in [2.05, 4.69) is 20.8 Å². The molecule has 2 amide bonds. The molecule has 0 radical (unpaired) electrons. The third-order valence-electron chi connectivity index (χ3n) is 7.21. The van der Waals surface area contributed by atoms with Gasteiger partial charge in [-0.3, -0.25) is 19.3 Å². The monoisotopic (exact) mass is 619 g/mol. The number of unbranched alkanes of at least 4 members (excludes halogenated alkanes) is 5. The highest BCUT2D eigenvalue weighted by atomic mass is 32.2. The lowest BCUT2D eigenvalue weighted by Crippen LogP contribution is -2.71. The van der Waals surface area contributed by atoms with Crippen molar-refractivity contribution in [2.24, 2.45) is 7.05 Å². The van der Waals surface area contributed by atoms with E-state index in [0.29, 0.717) is 41.7 Å². The number of rotatable bonds is 17. The molecule has 4 heterocycles. The lowest BCUT2D eigenvalue weighted by molar-refractivity contribution is -0.151. The van der Waals surface area contributed by atoms with Crippen molar-refractivity contribution in [3.63, 3.8) is 0 Å². The minimum Gasteiger partial charge on any atom is -0.477 e. The van der Waals surface area contributed by atoms with Crippen LogP contribution in [0.2, 0.25) is 0 Å². The number of carboxylic acid groups (broad SMARTS) is 1. The van der Waals surface area contributed by atoms with Crippen LogP contribution < -0.4 is 5.32 Å². The maximum absolute atomic E-state index is 13.4. The van der Waals surface area contributed by atoms with Gasteiger partial charge < -0.3 is 19.7 Å². The lowest BCUT2D eigenvalue weighted by Gasteiger charge is -2.49. The molecule has 0 bridgehead atoms. The van der Waals surface area contributed by atoms with Gasteiger partial charge in [-0.1, -0.05) is 43.9 Å². The molecule has 13 nitrogen and oxygen atoms in total. The van der Waals surface area contributed by atoms with Crippen LogP contribution in [0.4, 0.5) is 0 Å². The number of ether oxygens (including phenoxy) is 1. The smallest absolute Gasteiger partial charge is 0.352 e. The predicted molar refractivity (Wildman–Crippen MR) is 156 cm³/mol. The van der Waals surface area contributed by atoms with E-state index in [0.717, 1.165) is 38.5 Å². The molecule has 3 unspecified atom stereocenters. The minimum atomic E-state index is -1.17. The van der Waals surface area contributed by atoms with E-state index in [1.807, 2.05) is 29.1 Å². The van der Waals surface area contributed by atoms with Crippen LogP contribution in [0.3, 0.4) is 0 Å². The van der Waals surface area contributed by atoms with E-state index >= 15 is 0 Å². The number of esters is 1. The van der Waals surface area contributed by atoms with Crippen molar-refractivity contribution in [3.8, 4) is 0 Å². The number of thioether (sulfide) groups is 2. The predicted octanol–water partition coefficient (Wildman–Crippen LogP) is 2.77. The van der Waals surface area contributed by atoms with Crippen LogP contribution in [0.25, 0.3) is 0 Å². The summed E-state index contributed by atoms with van der Waals surface area (Å²) in [7, 11) is 1.70. The summed E-state index contributed by atoms with van der Waals surface area (Å²) in [4.78, 5) is 51.5. The number of hydrogen-bond acceptors (Lipinski definition) is 10. The first kappa shape index (κ1) is 31.6. The standard InChI is InChI=1S/C27H37N7O6S2/c1-3-40-20(35)13-9-7-5-4-6-8-12-19(33-14-10-11-15-33)23(36)28-21-24(37)34-22(26(38)39)18(16-41-25(21)34)17-42-27-29-30-31-32(27)2/h10-11,14-15,19,21,25H,3-9,12-13,16-17H2,1-2H3,(H,28,36)(H,38,39). The summed E-state index contributed by atoms with van der Waals surface area (Å²) in [6.07, 6.45) is 10.3. The Kier molecular flexibility index (Phi) is 11.5. The first-order valence-corrected chi connectivity index (χ1v) is 16.2. The van der Waals surface area contributed by atoms with Crippen LogP contribution in [0.1, 0.15) is 64.3 Å². The number of carbonyl (C=O) groups excluding carboxylic acids is 3. The number of aromatic nitrogens is 5. The Labute approximate surface area is 252 Å². The number of hydrogen-bond donors (Lipinski definition) is 2. The molecule has 0 spiro atoms. The van der Waals surface area contributed by atoms with Gasteiger partial charge in [0.15, 0.2) is 0 Å². The molecular formula is C27H37N7O6S2. The number of β-lactam (4-membered cyclic amide) rings is 1. The third kappa shape index (κ3) is 7.73. The van der Waals surface area contributed by atoms with Gasteiger partial charge in [0.25, 0.3) is 5.91 Å². The van der Waals surface area contributed by atoms with Crippen LogP contribution >= 0.6 is 23.5 Å². The maximum atomic E-state index is 13.4. The highest BCUT2D eigenvalue weighted by Gasteiger charge is 2.54. The molecule has 0 saturated carbocycles. The Morgan fingerprint density at radius 1 is 1.17 bits per heavy atom. The van der Waals surface area contributed by atoms with Crippen LogP contribution in [-0.4, -0.2) is 88.1 Å². The minimum absolute atomic E-state index is 0.0268. The third-order valence-corrected chi connectivity index (χ3v) is 9.64. The van der Waals surface area contributed by atoms with Crippen molar-refractivity contribution >= 4 is 47.3 Å². The van der Waals surface area contributed by atoms with E-state index in [9.17, 15) is 24.3 Å². The van der Waals surface area contributed by atoms with Gasteiger partial charge in [-0.15, -0.1) is 16.9 Å². The number of tetrazole rings is 1. The van der Waals surface area contributed by atoms with E-state index in [1.54, 1.807) is 14.0 Å². The van der Waals surface area contributed by atoms with E-state index in [-0.39, 0.29) is 17.6 Å². The molecule has 42 heavy (non-hydrogen) atoms. The molecule has 228 valence electrons. The van der Waals surface area contributed by atoms with Gasteiger partial charge >= 0.3 is 11.9 Å². The van der Waals surface area contributed by atoms with Gasteiger partial charge in [0.05, 0.1) is 6.61 Å². The molecular weight excluding hydrogens is 582 g/mol. The molecule has 4 rings (SSSR count). The molecule has 2 aliphatic rings. The van der Waals surface area contributed by atoms with Gasteiger partial charge in [0.2, 0.25) is 11.1 Å². The summed E-state index contributed by atoms with van der Waals surface area (Å²) in [5.74, 6) is -1.25. The lowest BCUT2D eigenvalue weighted by atomic mass is 10.0. The van der Waals surface area contributed by atoms with E-state index < -0.39 is 29.3 Å².